The molecule has 0 spiro atoms. The first-order valence-corrected chi connectivity index (χ1v) is 5.73. The Morgan fingerprint density at radius 1 is 1.28 bits per heavy atom. The number of primary amides is 1. The Kier molecular flexibility index (Phi) is 6.96. The number of carbonyl (C=O) groups excluding carboxylic acids is 2. The highest BCUT2D eigenvalue weighted by molar-refractivity contribution is 5.88. The summed E-state index contributed by atoms with van der Waals surface area (Å²) in [5, 5.41) is 20.3. The van der Waals surface area contributed by atoms with Crippen molar-refractivity contribution in [2.24, 2.45) is 11.7 Å². The number of aliphatic hydroxyl groups is 1. The highest BCUT2D eigenvalue weighted by atomic mass is 16.4. The van der Waals surface area contributed by atoms with Gasteiger partial charge < -0.3 is 21.3 Å². The third-order valence-electron chi connectivity index (χ3n) is 2.30. The van der Waals surface area contributed by atoms with E-state index in [1.807, 2.05) is 13.8 Å². The van der Waals surface area contributed by atoms with Crippen LogP contribution in [0.15, 0.2) is 0 Å². The van der Waals surface area contributed by atoms with Crippen molar-refractivity contribution in [3.8, 4) is 0 Å². The zero-order valence-electron chi connectivity index (χ0n) is 10.5. The van der Waals surface area contributed by atoms with Crippen molar-refractivity contribution >= 4 is 17.8 Å². The van der Waals surface area contributed by atoms with Gasteiger partial charge in [-0.2, -0.15) is 0 Å². The van der Waals surface area contributed by atoms with Crippen LogP contribution in [-0.4, -0.2) is 40.1 Å². The standard InChI is InChI=1S/C11H20N2O5/c1-6(2)5-8(14)11(18)13-7(10(12)17)3-4-9(15)16/h6-8,14H,3-5H2,1-2H3,(H2,12,17)(H,13,18)(H,15,16)/t7-,8-/m0/s1. The van der Waals surface area contributed by atoms with E-state index in [-0.39, 0.29) is 25.2 Å². The maximum absolute atomic E-state index is 11.5. The van der Waals surface area contributed by atoms with Gasteiger partial charge in [-0.05, 0) is 18.8 Å². The zero-order chi connectivity index (χ0) is 14.3. The predicted molar refractivity (Wildman–Crippen MR) is 63.5 cm³/mol. The van der Waals surface area contributed by atoms with E-state index in [4.69, 9.17) is 10.8 Å². The SMILES string of the molecule is CC(C)C[C@H](O)C(=O)N[C@@H](CCC(=O)O)C(N)=O. The van der Waals surface area contributed by atoms with Crippen molar-refractivity contribution < 1.29 is 24.6 Å². The largest absolute Gasteiger partial charge is 0.481 e. The molecule has 0 heterocycles. The number of rotatable bonds is 8. The van der Waals surface area contributed by atoms with E-state index in [9.17, 15) is 19.5 Å². The first kappa shape index (κ1) is 16.4. The van der Waals surface area contributed by atoms with Gasteiger partial charge in [-0.3, -0.25) is 14.4 Å². The van der Waals surface area contributed by atoms with E-state index in [0.29, 0.717) is 0 Å². The third-order valence-corrected chi connectivity index (χ3v) is 2.30. The molecule has 0 saturated heterocycles. The fraction of sp³-hybridized carbons (Fsp3) is 0.727. The number of aliphatic hydroxyl groups excluding tert-OH is 1. The quantitative estimate of drug-likeness (QED) is 0.455. The van der Waals surface area contributed by atoms with E-state index in [1.54, 1.807) is 0 Å². The summed E-state index contributed by atoms with van der Waals surface area (Å²) in [7, 11) is 0. The summed E-state index contributed by atoms with van der Waals surface area (Å²) in [5.74, 6) is -2.49. The normalized spacial score (nSPS) is 14.0. The maximum atomic E-state index is 11.5. The molecule has 7 heteroatoms. The molecule has 0 bridgehead atoms. The van der Waals surface area contributed by atoms with Crippen LogP contribution in [0, 0.1) is 5.92 Å². The van der Waals surface area contributed by atoms with Crippen molar-refractivity contribution in [1.29, 1.82) is 0 Å². The molecule has 0 aliphatic carbocycles. The van der Waals surface area contributed by atoms with Gasteiger partial charge in [-0.25, -0.2) is 0 Å². The summed E-state index contributed by atoms with van der Waals surface area (Å²) in [4.78, 5) is 32.9. The average molecular weight is 260 g/mol. The molecule has 0 aliphatic heterocycles. The van der Waals surface area contributed by atoms with Crippen molar-refractivity contribution in [1.82, 2.24) is 5.32 Å². The maximum Gasteiger partial charge on any atom is 0.303 e. The fourth-order valence-electron chi connectivity index (χ4n) is 1.37. The van der Waals surface area contributed by atoms with Gasteiger partial charge in [0.25, 0.3) is 0 Å². The molecule has 0 aromatic rings. The van der Waals surface area contributed by atoms with Crippen LogP contribution in [0.3, 0.4) is 0 Å². The van der Waals surface area contributed by atoms with Gasteiger partial charge >= 0.3 is 5.97 Å². The van der Waals surface area contributed by atoms with Crippen LogP contribution in [0.2, 0.25) is 0 Å². The summed E-state index contributed by atoms with van der Waals surface area (Å²) >= 11 is 0. The molecule has 0 aromatic heterocycles. The second kappa shape index (κ2) is 7.65. The number of hydrogen-bond acceptors (Lipinski definition) is 4. The topological polar surface area (TPSA) is 130 Å². The van der Waals surface area contributed by atoms with E-state index in [2.05, 4.69) is 5.32 Å². The molecule has 7 nitrogen and oxygen atoms in total. The molecule has 0 saturated carbocycles. The zero-order valence-corrected chi connectivity index (χ0v) is 10.5. The van der Waals surface area contributed by atoms with Gasteiger partial charge in [0.2, 0.25) is 11.8 Å². The lowest BCUT2D eigenvalue weighted by atomic mass is 10.0. The van der Waals surface area contributed by atoms with E-state index in [1.165, 1.54) is 0 Å². The van der Waals surface area contributed by atoms with Crippen LogP contribution in [0.4, 0.5) is 0 Å². The summed E-state index contributed by atoms with van der Waals surface area (Å²) in [6, 6.07) is -1.07. The highest BCUT2D eigenvalue weighted by Crippen LogP contribution is 2.05. The van der Waals surface area contributed by atoms with Crippen molar-refractivity contribution in [2.45, 2.75) is 45.3 Å². The van der Waals surface area contributed by atoms with Crippen molar-refractivity contribution in [2.75, 3.05) is 0 Å². The Morgan fingerprint density at radius 2 is 1.83 bits per heavy atom. The molecule has 0 rings (SSSR count). The monoisotopic (exact) mass is 260 g/mol. The lowest BCUT2D eigenvalue weighted by Crippen LogP contribution is -2.48. The minimum absolute atomic E-state index is 0.0925. The number of carbonyl (C=O) groups is 3. The lowest BCUT2D eigenvalue weighted by Gasteiger charge is -2.18. The van der Waals surface area contributed by atoms with Crippen LogP contribution in [0.1, 0.15) is 33.1 Å². The summed E-state index contributed by atoms with van der Waals surface area (Å²) in [6.07, 6.45) is -1.34. The molecule has 2 atom stereocenters. The predicted octanol–water partition coefficient (Wildman–Crippen LogP) is -0.772. The van der Waals surface area contributed by atoms with E-state index in [0.717, 1.165) is 0 Å². The highest BCUT2D eigenvalue weighted by Gasteiger charge is 2.23. The third kappa shape index (κ3) is 6.85. The molecule has 0 fully saturated rings. The first-order valence-electron chi connectivity index (χ1n) is 5.73. The summed E-state index contributed by atoms with van der Waals surface area (Å²) < 4.78 is 0. The molecule has 0 aromatic carbocycles. The van der Waals surface area contributed by atoms with Gasteiger partial charge in [-0.15, -0.1) is 0 Å². The number of nitrogens with two attached hydrogens (primary N) is 1. The second-order valence-corrected chi connectivity index (χ2v) is 4.54. The number of amides is 2. The first-order chi connectivity index (χ1) is 8.23. The Bertz CT molecular complexity index is 317. The molecular formula is C11H20N2O5. The van der Waals surface area contributed by atoms with Crippen molar-refractivity contribution in [3.63, 3.8) is 0 Å². The van der Waals surface area contributed by atoms with Gasteiger partial charge in [0.05, 0.1) is 0 Å². The molecule has 18 heavy (non-hydrogen) atoms. The molecule has 0 aliphatic rings. The average Bonchev–Trinajstić information content (AvgIpc) is 2.21. The number of carboxylic acid groups (broad SMARTS) is 1. The minimum atomic E-state index is -1.23. The molecule has 2 amide bonds. The van der Waals surface area contributed by atoms with Gasteiger partial charge in [0, 0.05) is 6.42 Å². The van der Waals surface area contributed by atoms with E-state index < -0.39 is 29.9 Å². The molecule has 0 unspecified atom stereocenters. The Labute approximate surface area is 105 Å². The summed E-state index contributed by atoms with van der Waals surface area (Å²) in [5.41, 5.74) is 5.04. The molecule has 5 N–H and O–H groups in total. The van der Waals surface area contributed by atoms with Crippen LogP contribution >= 0.6 is 0 Å². The number of carboxylic acids is 1. The van der Waals surface area contributed by atoms with E-state index >= 15 is 0 Å². The second-order valence-electron chi connectivity index (χ2n) is 4.54. The Hall–Kier alpha value is -1.63. The van der Waals surface area contributed by atoms with Gasteiger partial charge in [0.1, 0.15) is 12.1 Å². The van der Waals surface area contributed by atoms with Gasteiger partial charge in [-0.1, -0.05) is 13.8 Å². The molecule has 0 radical (unpaired) electrons. The molecule has 104 valence electrons. The number of hydrogen-bond donors (Lipinski definition) is 4. The Morgan fingerprint density at radius 3 is 2.22 bits per heavy atom. The lowest BCUT2D eigenvalue weighted by molar-refractivity contribution is -0.138. The Balaban J connectivity index is 4.35. The summed E-state index contributed by atoms with van der Waals surface area (Å²) in [6.45, 7) is 3.68. The minimum Gasteiger partial charge on any atom is -0.481 e. The van der Waals surface area contributed by atoms with Crippen LogP contribution in [0.25, 0.3) is 0 Å². The van der Waals surface area contributed by atoms with Crippen LogP contribution < -0.4 is 11.1 Å². The smallest absolute Gasteiger partial charge is 0.303 e. The van der Waals surface area contributed by atoms with Gasteiger partial charge in [0.15, 0.2) is 0 Å². The van der Waals surface area contributed by atoms with Crippen LogP contribution in [-0.2, 0) is 14.4 Å². The fourth-order valence-corrected chi connectivity index (χ4v) is 1.37. The molecular weight excluding hydrogens is 240 g/mol. The van der Waals surface area contributed by atoms with Crippen molar-refractivity contribution in [3.05, 3.63) is 0 Å². The van der Waals surface area contributed by atoms with Crippen LogP contribution in [0.5, 0.6) is 0 Å². The number of nitrogens with one attached hydrogen (secondary N) is 1. The number of aliphatic carboxylic acids is 1.